The van der Waals surface area contributed by atoms with Crippen LogP contribution in [0.25, 0.3) is 4.85 Å². The highest BCUT2D eigenvalue weighted by Gasteiger charge is 2.36. The van der Waals surface area contributed by atoms with Crippen LogP contribution in [0.4, 0.5) is 10.1 Å². The van der Waals surface area contributed by atoms with E-state index in [0.717, 1.165) is 5.56 Å². The summed E-state index contributed by atoms with van der Waals surface area (Å²) in [4.78, 5) is 17.5. The third-order valence-electron chi connectivity index (χ3n) is 5.16. The molecule has 2 aromatic carbocycles. The molecular formula is C22H19ClFN3O2. The van der Waals surface area contributed by atoms with E-state index < -0.39 is 5.41 Å². The molecule has 148 valence electrons. The van der Waals surface area contributed by atoms with E-state index in [4.69, 9.17) is 22.9 Å². The van der Waals surface area contributed by atoms with Crippen LogP contribution in [0.3, 0.4) is 0 Å². The molecular weight excluding hydrogens is 393 g/mol. The SMILES string of the molecule is [C-]#[N+]c1cc(Cl)ccc1OCC(=O)N1CCC(C#N)(Cc2ccc(F)cc2)CC1. The Bertz CT molecular complexity index is 971. The van der Waals surface area contributed by atoms with Crippen LogP contribution in [-0.4, -0.2) is 30.5 Å². The van der Waals surface area contributed by atoms with Gasteiger partial charge in [0.25, 0.3) is 5.91 Å². The first-order chi connectivity index (χ1) is 13.9. The average molecular weight is 412 g/mol. The molecule has 0 N–H and O–H groups in total. The number of piperidine rings is 1. The monoisotopic (exact) mass is 411 g/mol. The Morgan fingerprint density at radius 2 is 1.97 bits per heavy atom. The molecule has 2 aromatic rings. The van der Waals surface area contributed by atoms with E-state index in [0.29, 0.717) is 43.1 Å². The maximum atomic E-state index is 13.1. The fourth-order valence-electron chi connectivity index (χ4n) is 3.44. The maximum absolute atomic E-state index is 13.1. The van der Waals surface area contributed by atoms with Crippen LogP contribution in [0.15, 0.2) is 42.5 Å². The Morgan fingerprint density at radius 1 is 1.28 bits per heavy atom. The molecule has 5 nitrogen and oxygen atoms in total. The lowest BCUT2D eigenvalue weighted by molar-refractivity contribution is -0.135. The Labute approximate surface area is 174 Å². The third kappa shape index (κ3) is 5.04. The van der Waals surface area contributed by atoms with Crippen LogP contribution in [-0.2, 0) is 11.2 Å². The van der Waals surface area contributed by atoms with Gasteiger partial charge < -0.3 is 9.64 Å². The fourth-order valence-corrected chi connectivity index (χ4v) is 3.60. The molecule has 1 fully saturated rings. The van der Waals surface area contributed by atoms with Crippen LogP contribution in [0.1, 0.15) is 18.4 Å². The van der Waals surface area contributed by atoms with E-state index in [1.165, 1.54) is 18.2 Å². The number of likely N-dealkylation sites (tertiary alicyclic amines) is 1. The van der Waals surface area contributed by atoms with E-state index in [-0.39, 0.29) is 24.0 Å². The second kappa shape index (κ2) is 8.94. The van der Waals surface area contributed by atoms with E-state index in [9.17, 15) is 14.4 Å². The molecule has 0 saturated carbocycles. The summed E-state index contributed by atoms with van der Waals surface area (Å²) < 4.78 is 18.6. The quantitative estimate of drug-likeness (QED) is 0.665. The van der Waals surface area contributed by atoms with Crippen LogP contribution in [0.2, 0.25) is 5.02 Å². The summed E-state index contributed by atoms with van der Waals surface area (Å²) in [5, 5.41) is 10.2. The van der Waals surface area contributed by atoms with Crippen molar-refractivity contribution in [3.8, 4) is 11.8 Å². The summed E-state index contributed by atoms with van der Waals surface area (Å²) in [6.45, 7) is 7.90. The minimum Gasteiger partial charge on any atom is -0.495 e. The molecule has 3 rings (SSSR count). The van der Waals surface area contributed by atoms with Gasteiger partial charge in [-0.15, -0.1) is 0 Å². The van der Waals surface area contributed by atoms with E-state index >= 15 is 0 Å². The molecule has 0 spiro atoms. The summed E-state index contributed by atoms with van der Waals surface area (Å²) >= 11 is 5.87. The summed E-state index contributed by atoms with van der Waals surface area (Å²) in [5.74, 6) is -0.177. The fraction of sp³-hybridized carbons (Fsp3) is 0.318. The zero-order valence-corrected chi connectivity index (χ0v) is 16.5. The standard InChI is InChI=1S/C22H19ClFN3O2/c1-26-19-12-17(23)4-7-20(19)29-14-21(28)27-10-8-22(15-25,9-11-27)13-16-2-5-18(24)6-3-16/h2-7,12H,8-11,13-14H2. The van der Waals surface area contributed by atoms with Gasteiger partial charge in [0.1, 0.15) is 11.6 Å². The number of carbonyl (C=O) groups excluding carboxylic acids is 1. The normalized spacial score (nSPS) is 15.2. The third-order valence-corrected chi connectivity index (χ3v) is 5.39. The molecule has 0 atom stereocenters. The van der Waals surface area contributed by atoms with Gasteiger partial charge in [-0.05, 0) is 55.2 Å². The van der Waals surface area contributed by atoms with Crippen molar-refractivity contribution in [2.75, 3.05) is 19.7 Å². The van der Waals surface area contributed by atoms with E-state index in [2.05, 4.69) is 10.9 Å². The number of carbonyl (C=O) groups is 1. The molecule has 1 saturated heterocycles. The Hall–Kier alpha value is -3.09. The number of amides is 1. The lowest BCUT2D eigenvalue weighted by Crippen LogP contribution is -2.45. The Morgan fingerprint density at radius 3 is 2.59 bits per heavy atom. The molecule has 1 aliphatic rings. The molecule has 0 aliphatic carbocycles. The van der Waals surface area contributed by atoms with Crippen LogP contribution in [0.5, 0.6) is 5.75 Å². The van der Waals surface area contributed by atoms with Crippen LogP contribution >= 0.6 is 11.6 Å². The molecule has 0 aromatic heterocycles. The van der Waals surface area contributed by atoms with Gasteiger partial charge in [-0.2, -0.15) is 5.26 Å². The molecule has 1 amide bonds. The summed E-state index contributed by atoms with van der Waals surface area (Å²) in [6.07, 6.45) is 1.61. The number of nitriles is 1. The minimum atomic E-state index is -0.567. The van der Waals surface area contributed by atoms with Crippen molar-refractivity contribution in [2.24, 2.45) is 5.41 Å². The highest BCUT2D eigenvalue weighted by atomic mass is 35.5. The van der Waals surface area contributed by atoms with Crippen molar-refractivity contribution in [2.45, 2.75) is 19.3 Å². The number of benzene rings is 2. The van der Waals surface area contributed by atoms with Gasteiger partial charge in [0.15, 0.2) is 6.61 Å². The number of halogens is 2. The Balaban J connectivity index is 1.57. The van der Waals surface area contributed by atoms with Crippen molar-refractivity contribution in [1.29, 1.82) is 5.26 Å². The number of ether oxygens (including phenoxy) is 1. The molecule has 0 bridgehead atoms. The predicted molar refractivity (Wildman–Crippen MR) is 107 cm³/mol. The highest BCUT2D eigenvalue weighted by molar-refractivity contribution is 6.30. The number of nitrogens with zero attached hydrogens (tertiary/aromatic N) is 3. The van der Waals surface area contributed by atoms with Gasteiger partial charge in [-0.3, -0.25) is 4.79 Å². The van der Waals surface area contributed by atoms with Crippen molar-refractivity contribution in [1.82, 2.24) is 4.90 Å². The van der Waals surface area contributed by atoms with Crippen LogP contribution in [0, 0.1) is 29.1 Å². The van der Waals surface area contributed by atoms with Crippen molar-refractivity contribution in [3.05, 3.63) is 70.3 Å². The van der Waals surface area contributed by atoms with Crippen molar-refractivity contribution >= 4 is 23.2 Å². The average Bonchev–Trinajstić information content (AvgIpc) is 2.74. The van der Waals surface area contributed by atoms with E-state index in [1.54, 1.807) is 29.2 Å². The van der Waals surface area contributed by atoms with Gasteiger partial charge in [0.05, 0.1) is 18.1 Å². The van der Waals surface area contributed by atoms with Crippen molar-refractivity contribution in [3.63, 3.8) is 0 Å². The first-order valence-corrected chi connectivity index (χ1v) is 9.56. The molecule has 29 heavy (non-hydrogen) atoms. The molecule has 1 heterocycles. The predicted octanol–water partition coefficient (Wildman–Crippen LogP) is 4.78. The summed E-state index contributed by atoms with van der Waals surface area (Å²) in [7, 11) is 0. The molecule has 7 heteroatoms. The smallest absolute Gasteiger partial charge is 0.260 e. The minimum absolute atomic E-state index is 0.179. The zero-order chi connectivity index (χ0) is 20.9. The Kier molecular flexibility index (Phi) is 6.36. The van der Waals surface area contributed by atoms with Crippen LogP contribution < -0.4 is 4.74 Å². The summed E-state index contributed by atoms with van der Waals surface area (Å²) in [6, 6.07) is 13.3. The highest BCUT2D eigenvalue weighted by Crippen LogP contribution is 2.35. The molecule has 0 radical (unpaired) electrons. The van der Waals surface area contributed by atoms with Crippen molar-refractivity contribution < 1.29 is 13.9 Å². The second-order valence-electron chi connectivity index (χ2n) is 7.09. The van der Waals surface area contributed by atoms with E-state index in [1.807, 2.05) is 0 Å². The van der Waals surface area contributed by atoms with Gasteiger partial charge in [0, 0.05) is 18.1 Å². The van der Waals surface area contributed by atoms with Gasteiger partial charge in [-0.1, -0.05) is 23.7 Å². The second-order valence-corrected chi connectivity index (χ2v) is 7.53. The molecule has 0 unspecified atom stereocenters. The zero-order valence-electron chi connectivity index (χ0n) is 15.7. The topological polar surface area (TPSA) is 57.7 Å². The first-order valence-electron chi connectivity index (χ1n) is 9.18. The van der Waals surface area contributed by atoms with Gasteiger partial charge >= 0.3 is 0 Å². The first kappa shape index (κ1) is 20.6. The number of hydrogen-bond acceptors (Lipinski definition) is 3. The largest absolute Gasteiger partial charge is 0.495 e. The number of hydrogen-bond donors (Lipinski definition) is 0. The summed E-state index contributed by atoms with van der Waals surface area (Å²) in [5.41, 5.74) is 0.598. The lowest BCUT2D eigenvalue weighted by atomic mass is 9.75. The lowest BCUT2D eigenvalue weighted by Gasteiger charge is -2.37. The number of rotatable bonds is 5. The maximum Gasteiger partial charge on any atom is 0.260 e. The molecule has 1 aliphatic heterocycles. The van der Waals surface area contributed by atoms with Gasteiger partial charge in [-0.25, -0.2) is 9.24 Å². The van der Waals surface area contributed by atoms with Gasteiger partial charge in [0.2, 0.25) is 5.69 Å².